The number of hydrogen-bond donors (Lipinski definition) is 1. The number of piperazine rings is 1. The van der Waals surface area contributed by atoms with Crippen LogP contribution in [0.25, 0.3) is 10.9 Å². The standard InChI is InChI=1S/C29H26FN3O2/c1-18-8-2-4-10-20(18)28-27-22(21-11-5-7-13-24(21)31-27)16-25-29(35)32(17-26(34)33(25)28)15-14-19-9-3-6-12-23(19)30/h2-13,25,28,31H,14-17H2,1H3/t25-,28?/m0/s1. The molecule has 1 saturated heterocycles. The molecular formula is C29H26FN3O2. The Morgan fingerprint density at radius 2 is 1.71 bits per heavy atom. The molecule has 2 aliphatic rings. The maximum atomic E-state index is 14.2. The van der Waals surface area contributed by atoms with Gasteiger partial charge in [0.05, 0.1) is 12.6 Å². The first-order valence-corrected chi connectivity index (χ1v) is 12.0. The number of rotatable bonds is 4. The zero-order chi connectivity index (χ0) is 24.1. The average molecular weight is 468 g/mol. The number of para-hydroxylation sites is 1. The Kier molecular flexibility index (Phi) is 5.17. The van der Waals surface area contributed by atoms with Crippen LogP contribution in [0.4, 0.5) is 4.39 Å². The molecule has 0 saturated carbocycles. The van der Waals surface area contributed by atoms with Crippen LogP contribution in [0.1, 0.15) is 34.0 Å². The minimum Gasteiger partial charge on any atom is -0.356 e. The van der Waals surface area contributed by atoms with Gasteiger partial charge in [-0.05, 0) is 47.7 Å². The molecule has 3 heterocycles. The number of benzene rings is 3. The number of hydrogen-bond acceptors (Lipinski definition) is 2. The van der Waals surface area contributed by atoms with Gasteiger partial charge in [0.15, 0.2) is 0 Å². The molecule has 1 N–H and O–H groups in total. The van der Waals surface area contributed by atoms with E-state index in [2.05, 4.69) is 11.1 Å². The zero-order valence-corrected chi connectivity index (χ0v) is 19.5. The number of nitrogens with zero attached hydrogens (tertiary/aromatic N) is 2. The predicted molar refractivity (Wildman–Crippen MR) is 132 cm³/mol. The van der Waals surface area contributed by atoms with Gasteiger partial charge in [-0.25, -0.2) is 4.39 Å². The van der Waals surface area contributed by atoms with Crippen molar-refractivity contribution in [2.24, 2.45) is 0 Å². The fourth-order valence-corrected chi connectivity index (χ4v) is 5.69. The fraction of sp³-hybridized carbons (Fsp3) is 0.241. The molecule has 0 spiro atoms. The summed E-state index contributed by atoms with van der Waals surface area (Å²) in [4.78, 5) is 34.3. The van der Waals surface area contributed by atoms with Crippen LogP contribution in [0, 0.1) is 12.7 Å². The van der Waals surface area contributed by atoms with Gasteiger partial charge in [-0.1, -0.05) is 60.7 Å². The van der Waals surface area contributed by atoms with E-state index in [-0.39, 0.29) is 30.2 Å². The van der Waals surface area contributed by atoms with Crippen molar-refractivity contribution in [1.29, 1.82) is 0 Å². The molecule has 0 aliphatic carbocycles. The molecule has 3 aromatic carbocycles. The van der Waals surface area contributed by atoms with Gasteiger partial charge in [0.2, 0.25) is 11.8 Å². The number of nitrogens with one attached hydrogen (secondary N) is 1. The molecule has 2 atom stereocenters. The highest BCUT2D eigenvalue weighted by atomic mass is 19.1. The van der Waals surface area contributed by atoms with Crippen LogP contribution in [0.15, 0.2) is 72.8 Å². The monoisotopic (exact) mass is 467 g/mol. The Bertz CT molecular complexity index is 1460. The molecule has 1 fully saturated rings. The van der Waals surface area contributed by atoms with Gasteiger partial charge < -0.3 is 14.8 Å². The lowest BCUT2D eigenvalue weighted by Gasteiger charge is -2.47. The second kappa shape index (κ2) is 8.38. The van der Waals surface area contributed by atoms with Crippen molar-refractivity contribution >= 4 is 22.7 Å². The summed E-state index contributed by atoms with van der Waals surface area (Å²) in [6.45, 7) is 2.35. The van der Waals surface area contributed by atoms with Crippen LogP contribution < -0.4 is 0 Å². The van der Waals surface area contributed by atoms with Gasteiger partial charge in [-0.3, -0.25) is 9.59 Å². The molecule has 0 bridgehead atoms. The summed E-state index contributed by atoms with van der Waals surface area (Å²) in [7, 11) is 0. The SMILES string of the molecule is Cc1ccccc1C1c2[nH]c3ccccc3c2C[C@H]2C(=O)N(CCc3ccccc3F)CC(=O)N12. The lowest BCUT2D eigenvalue weighted by molar-refractivity contribution is -0.158. The largest absolute Gasteiger partial charge is 0.356 e. The van der Waals surface area contributed by atoms with E-state index in [4.69, 9.17) is 0 Å². The van der Waals surface area contributed by atoms with Crippen molar-refractivity contribution in [2.75, 3.05) is 13.1 Å². The molecule has 0 radical (unpaired) electrons. The molecule has 6 heteroatoms. The van der Waals surface area contributed by atoms with E-state index in [1.165, 1.54) is 6.07 Å². The van der Waals surface area contributed by atoms with E-state index >= 15 is 0 Å². The van der Waals surface area contributed by atoms with Crippen LogP contribution in [0.2, 0.25) is 0 Å². The number of halogens is 1. The van der Waals surface area contributed by atoms with E-state index in [0.717, 1.165) is 33.3 Å². The summed E-state index contributed by atoms with van der Waals surface area (Å²) < 4.78 is 14.2. The molecular weight excluding hydrogens is 441 g/mol. The van der Waals surface area contributed by atoms with E-state index in [1.807, 2.05) is 49.4 Å². The maximum absolute atomic E-state index is 14.2. The molecule has 6 rings (SSSR count). The summed E-state index contributed by atoms with van der Waals surface area (Å²) in [5.41, 5.74) is 5.73. The number of aryl methyl sites for hydroxylation is 1. The second-order valence-electron chi connectivity index (χ2n) is 9.44. The van der Waals surface area contributed by atoms with Crippen molar-refractivity contribution in [3.63, 3.8) is 0 Å². The van der Waals surface area contributed by atoms with E-state index in [0.29, 0.717) is 24.9 Å². The first-order valence-electron chi connectivity index (χ1n) is 12.0. The van der Waals surface area contributed by atoms with Gasteiger partial charge in [0, 0.05) is 29.6 Å². The molecule has 35 heavy (non-hydrogen) atoms. The summed E-state index contributed by atoms with van der Waals surface area (Å²) in [5, 5.41) is 1.09. The first kappa shape index (κ1) is 21.6. The zero-order valence-electron chi connectivity index (χ0n) is 19.5. The van der Waals surface area contributed by atoms with Gasteiger partial charge >= 0.3 is 0 Å². The van der Waals surface area contributed by atoms with Gasteiger partial charge in [-0.15, -0.1) is 0 Å². The fourth-order valence-electron chi connectivity index (χ4n) is 5.69. The topological polar surface area (TPSA) is 56.4 Å². The molecule has 2 aliphatic heterocycles. The van der Waals surface area contributed by atoms with Gasteiger partial charge in [0.1, 0.15) is 11.9 Å². The number of carbonyl (C=O) groups is 2. The number of amides is 2. The van der Waals surface area contributed by atoms with Gasteiger partial charge in [0.25, 0.3) is 0 Å². The van der Waals surface area contributed by atoms with Crippen LogP contribution >= 0.6 is 0 Å². The van der Waals surface area contributed by atoms with Crippen LogP contribution in [-0.4, -0.2) is 45.7 Å². The number of H-pyrrole nitrogens is 1. The Balaban J connectivity index is 1.41. The summed E-state index contributed by atoms with van der Waals surface area (Å²) >= 11 is 0. The first-order chi connectivity index (χ1) is 17.0. The molecule has 4 aromatic rings. The minimum atomic E-state index is -0.590. The van der Waals surface area contributed by atoms with Crippen LogP contribution in [-0.2, 0) is 22.4 Å². The third-order valence-electron chi connectivity index (χ3n) is 7.43. The van der Waals surface area contributed by atoms with Crippen molar-refractivity contribution in [3.8, 4) is 0 Å². The summed E-state index contributed by atoms with van der Waals surface area (Å²) in [6.07, 6.45) is 0.834. The highest BCUT2D eigenvalue weighted by Crippen LogP contribution is 2.43. The van der Waals surface area contributed by atoms with Crippen molar-refractivity contribution in [1.82, 2.24) is 14.8 Å². The Morgan fingerprint density at radius 1 is 0.971 bits per heavy atom. The number of aromatic amines is 1. The second-order valence-corrected chi connectivity index (χ2v) is 9.44. The van der Waals surface area contributed by atoms with Crippen molar-refractivity contribution in [2.45, 2.75) is 31.8 Å². The highest BCUT2D eigenvalue weighted by molar-refractivity contribution is 5.97. The Labute approximate surface area is 203 Å². The average Bonchev–Trinajstić information content (AvgIpc) is 3.24. The number of fused-ring (bicyclic) bond motifs is 4. The van der Waals surface area contributed by atoms with E-state index < -0.39 is 6.04 Å². The summed E-state index contributed by atoms with van der Waals surface area (Å²) in [6, 6.07) is 21.8. The smallest absolute Gasteiger partial charge is 0.246 e. The molecule has 1 aromatic heterocycles. The van der Waals surface area contributed by atoms with Crippen molar-refractivity contribution < 1.29 is 14.0 Å². The summed E-state index contributed by atoms with van der Waals surface area (Å²) in [5.74, 6) is -0.443. The minimum absolute atomic E-state index is 0.00172. The van der Waals surface area contributed by atoms with E-state index in [1.54, 1.807) is 28.0 Å². The normalized spacial score (nSPS) is 19.7. The third kappa shape index (κ3) is 3.52. The highest BCUT2D eigenvalue weighted by Gasteiger charge is 2.48. The molecule has 1 unspecified atom stereocenters. The lowest BCUT2D eigenvalue weighted by atomic mass is 9.85. The lowest BCUT2D eigenvalue weighted by Crippen LogP contribution is -2.63. The third-order valence-corrected chi connectivity index (χ3v) is 7.43. The maximum Gasteiger partial charge on any atom is 0.246 e. The Morgan fingerprint density at radius 3 is 2.54 bits per heavy atom. The van der Waals surface area contributed by atoms with Crippen molar-refractivity contribution in [3.05, 3.63) is 107 Å². The molecule has 176 valence electrons. The molecule has 2 amide bonds. The molecule has 5 nitrogen and oxygen atoms in total. The van der Waals surface area contributed by atoms with Gasteiger partial charge in [-0.2, -0.15) is 0 Å². The predicted octanol–water partition coefficient (Wildman–Crippen LogP) is 4.54. The van der Waals surface area contributed by atoms with Crippen LogP contribution in [0.5, 0.6) is 0 Å². The number of aromatic nitrogens is 1. The Hall–Kier alpha value is -3.93. The number of carbonyl (C=O) groups excluding carboxylic acids is 2. The van der Waals surface area contributed by atoms with Crippen LogP contribution in [0.3, 0.4) is 0 Å². The quantitative estimate of drug-likeness (QED) is 0.479. The van der Waals surface area contributed by atoms with E-state index in [9.17, 15) is 14.0 Å².